The van der Waals surface area contributed by atoms with Gasteiger partial charge in [-0.3, -0.25) is 4.79 Å². The van der Waals surface area contributed by atoms with E-state index in [1.54, 1.807) is 0 Å². The van der Waals surface area contributed by atoms with Gasteiger partial charge in [-0.1, -0.05) is 45.1 Å². The van der Waals surface area contributed by atoms with Gasteiger partial charge in [-0.05, 0) is 55.4 Å². The van der Waals surface area contributed by atoms with Crippen LogP contribution in [0.1, 0.15) is 71.1 Å². The van der Waals surface area contributed by atoms with Crippen molar-refractivity contribution in [3.8, 4) is 0 Å². The highest BCUT2D eigenvalue weighted by atomic mass is 16.1. The number of carbonyl (C=O) groups is 1. The molecule has 1 heteroatoms. The van der Waals surface area contributed by atoms with Gasteiger partial charge in [-0.2, -0.15) is 0 Å². The van der Waals surface area contributed by atoms with E-state index in [2.05, 4.69) is 13.0 Å². The SMILES string of the molecule is CCCCCCCCC1=C[C@H]2[C@@H]3CC[C@@H](C3)[C@H]2C1=O. The van der Waals surface area contributed by atoms with Gasteiger partial charge in [0.2, 0.25) is 0 Å². The molecule has 0 N–H and O–H groups in total. The van der Waals surface area contributed by atoms with Crippen LogP contribution in [0, 0.1) is 23.7 Å². The third kappa shape index (κ3) is 2.53. The average molecular weight is 260 g/mol. The molecule has 0 saturated heterocycles. The van der Waals surface area contributed by atoms with Crippen LogP contribution >= 0.6 is 0 Å². The van der Waals surface area contributed by atoms with E-state index in [-0.39, 0.29) is 0 Å². The number of ketones is 1. The zero-order valence-corrected chi connectivity index (χ0v) is 12.4. The predicted octanol–water partition coefficient (Wildman–Crippen LogP) is 4.91. The zero-order valence-electron chi connectivity index (χ0n) is 12.4. The lowest BCUT2D eigenvalue weighted by Crippen LogP contribution is -2.23. The van der Waals surface area contributed by atoms with Crippen LogP contribution in [0.25, 0.3) is 0 Å². The molecule has 106 valence electrons. The van der Waals surface area contributed by atoms with Crippen LogP contribution in [0.3, 0.4) is 0 Å². The van der Waals surface area contributed by atoms with Crippen molar-refractivity contribution in [3.05, 3.63) is 11.6 Å². The first-order valence-electron chi connectivity index (χ1n) is 8.56. The molecule has 0 heterocycles. The summed E-state index contributed by atoms with van der Waals surface area (Å²) in [5.41, 5.74) is 1.21. The summed E-state index contributed by atoms with van der Waals surface area (Å²) < 4.78 is 0. The summed E-state index contributed by atoms with van der Waals surface area (Å²) in [6, 6.07) is 0. The van der Waals surface area contributed by atoms with Gasteiger partial charge in [-0.25, -0.2) is 0 Å². The van der Waals surface area contributed by atoms with Gasteiger partial charge < -0.3 is 0 Å². The number of carbonyl (C=O) groups excluding carboxylic acids is 1. The number of unbranched alkanes of at least 4 members (excludes halogenated alkanes) is 5. The van der Waals surface area contributed by atoms with Gasteiger partial charge >= 0.3 is 0 Å². The molecule has 0 aromatic rings. The molecule has 1 nitrogen and oxygen atoms in total. The van der Waals surface area contributed by atoms with Crippen LogP contribution in [-0.4, -0.2) is 5.78 Å². The van der Waals surface area contributed by atoms with Crippen molar-refractivity contribution in [2.24, 2.45) is 23.7 Å². The van der Waals surface area contributed by atoms with Crippen molar-refractivity contribution < 1.29 is 4.79 Å². The molecule has 2 bridgehead atoms. The van der Waals surface area contributed by atoms with Gasteiger partial charge in [0.1, 0.15) is 0 Å². The third-order valence-corrected chi connectivity index (χ3v) is 5.79. The Labute approximate surface area is 117 Å². The summed E-state index contributed by atoms with van der Waals surface area (Å²) in [5.74, 6) is 3.24. The highest BCUT2D eigenvalue weighted by Crippen LogP contribution is 2.56. The number of allylic oxidation sites excluding steroid dienone is 2. The molecular weight excluding hydrogens is 232 g/mol. The van der Waals surface area contributed by atoms with E-state index in [1.165, 1.54) is 63.4 Å². The van der Waals surface area contributed by atoms with Crippen molar-refractivity contribution in [1.82, 2.24) is 0 Å². The van der Waals surface area contributed by atoms with Crippen LogP contribution in [0.4, 0.5) is 0 Å². The monoisotopic (exact) mass is 260 g/mol. The molecule has 0 radical (unpaired) electrons. The van der Waals surface area contributed by atoms with E-state index in [9.17, 15) is 4.79 Å². The fraction of sp³-hybridized carbons (Fsp3) is 0.833. The van der Waals surface area contributed by atoms with Gasteiger partial charge in [-0.15, -0.1) is 0 Å². The first kappa shape index (κ1) is 13.4. The standard InChI is InChI=1S/C18H28O/c1-2-3-4-5-6-7-8-15-12-16-13-9-10-14(11-13)17(16)18(15)19/h12-14,16-17H,2-11H2,1H3/t13-,14+,16+,17-/m1/s1. The second kappa shape index (κ2) is 5.81. The molecule has 0 spiro atoms. The van der Waals surface area contributed by atoms with E-state index in [0.717, 1.165) is 18.3 Å². The zero-order chi connectivity index (χ0) is 13.2. The van der Waals surface area contributed by atoms with Crippen molar-refractivity contribution in [2.75, 3.05) is 0 Å². The maximum absolute atomic E-state index is 12.5. The third-order valence-electron chi connectivity index (χ3n) is 5.79. The van der Waals surface area contributed by atoms with Crippen LogP contribution in [0.5, 0.6) is 0 Å². The Morgan fingerprint density at radius 1 is 1.05 bits per heavy atom. The largest absolute Gasteiger partial charge is 0.294 e. The lowest BCUT2D eigenvalue weighted by atomic mass is 9.81. The average Bonchev–Trinajstić information content (AvgIpc) is 3.08. The number of rotatable bonds is 7. The number of Topliss-reactive ketones (excluding diaryl/α,β-unsaturated/α-hetero) is 1. The molecular formula is C18H28O. The number of hydrogen-bond donors (Lipinski definition) is 0. The Bertz CT molecular complexity index is 368. The first-order chi connectivity index (χ1) is 9.31. The van der Waals surface area contributed by atoms with Gasteiger partial charge in [0.15, 0.2) is 5.78 Å². The lowest BCUT2D eigenvalue weighted by Gasteiger charge is -2.22. The molecule has 4 atom stereocenters. The van der Waals surface area contributed by atoms with Crippen LogP contribution in [0.15, 0.2) is 11.6 Å². The van der Waals surface area contributed by atoms with Crippen molar-refractivity contribution in [2.45, 2.75) is 71.1 Å². The first-order valence-corrected chi connectivity index (χ1v) is 8.56. The van der Waals surface area contributed by atoms with Gasteiger partial charge in [0.05, 0.1) is 0 Å². The van der Waals surface area contributed by atoms with Crippen LogP contribution in [0.2, 0.25) is 0 Å². The predicted molar refractivity (Wildman–Crippen MR) is 78.9 cm³/mol. The van der Waals surface area contributed by atoms with Gasteiger partial charge in [0, 0.05) is 5.92 Å². The normalized spacial score (nSPS) is 35.8. The summed E-state index contributed by atoms with van der Waals surface area (Å²) >= 11 is 0. The van der Waals surface area contributed by atoms with Crippen molar-refractivity contribution >= 4 is 5.78 Å². The Kier molecular flexibility index (Phi) is 4.10. The molecule has 19 heavy (non-hydrogen) atoms. The Morgan fingerprint density at radius 2 is 1.79 bits per heavy atom. The van der Waals surface area contributed by atoms with Gasteiger partial charge in [0.25, 0.3) is 0 Å². The summed E-state index contributed by atoms with van der Waals surface area (Å²) in [4.78, 5) is 12.5. The molecule has 0 aliphatic heterocycles. The number of fused-ring (bicyclic) bond motifs is 5. The lowest BCUT2D eigenvalue weighted by molar-refractivity contribution is -0.120. The maximum atomic E-state index is 12.5. The Balaban J connectivity index is 1.45. The fourth-order valence-electron chi connectivity index (χ4n) is 4.80. The Hall–Kier alpha value is -0.590. The topological polar surface area (TPSA) is 17.1 Å². The quantitative estimate of drug-likeness (QED) is 0.594. The highest BCUT2D eigenvalue weighted by molar-refractivity contribution is 6.00. The summed E-state index contributed by atoms with van der Waals surface area (Å²) in [7, 11) is 0. The maximum Gasteiger partial charge on any atom is 0.162 e. The molecule has 3 aliphatic rings. The summed E-state index contributed by atoms with van der Waals surface area (Å²) in [5, 5.41) is 0. The molecule has 0 amide bonds. The van der Waals surface area contributed by atoms with E-state index in [0.29, 0.717) is 17.6 Å². The Morgan fingerprint density at radius 3 is 2.58 bits per heavy atom. The molecule has 0 aromatic carbocycles. The molecule has 3 rings (SSSR count). The van der Waals surface area contributed by atoms with E-state index in [1.807, 2.05) is 0 Å². The van der Waals surface area contributed by atoms with E-state index >= 15 is 0 Å². The van der Waals surface area contributed by atoms with Crippen LogP contribution in [-0.2, 0) is 4.79 Å². The molecule has 2 saturated carbocycles. The smallest absolute Gasteiger partial charge is 0.162 e. The second-order valence-electron chi connectivity index (χ2n) is 7.01. The van der Waals surface area contributed by atoms with Crippen molar-refractivity contribution in [1.29, 1.82) is 0 Å². The highest BCUT2D eigenvalue weighted by Gasteiger charge is 2.52. The van der Waals surface area contributed by atoms with E-state index < -0.39 is 0 Å². The minimum atomic E-state index is 0.425. The molecule has 0 aromatic heterocycles. The molecule has 3 aliphatic carbocycles. The fourth-order valence-corrected chi connectivity index (χ4v) is 4.80. The molecule has 0 unspecified atom stereocenters. The van der Waals surface area contributed by atoms with E-state index in [4.69, 9.17) is 0 Å². The summed E-state index contributed by atoms with van der Waals surface area (Å²) in [6.45, 7) is 2.26. The van der Waals surface area contributed by atoms with Crippen molar-refractivity contribution in [3.63, 3.8) is 0 Å². The summed E-state index contributed by atoms with van der Waals surface area (Å²) in [6.07, 6.45) is 15.5. The second-order valence-corrected chi connectivity index (χ2v) is 7.01. The molecule has 2 fully saturated rings. The minimum Gasteiger partial charge on any atom is -0.294 e. The van der Waals surface area contributed by atoms with Crippen LogP contribution < -0.4 is 0 Å². The minimum absolute atomic E-state index is 0.425. The number of hydrogen-bond acceptors (Lipinski definition) is 1.